The number of nitrogens with one attached hydrogen (secondary N) is 1. The van der Waals surface area contributed by atoms with Crippen LogP contribution in [0.3, 0.4) is 0 Å². The molecule has 0 aromatic carbocycles. The topological polar surface area (TPSA) is 171 Å². The predicted octanol–water partition coefficient (Wildman–Crippen LogP) is -0.902. The lowest BCUT2D eigenvalue weighted by Gasteiger charge is -2.28. The zero-order valence-corrected chi connectivity index (χ0v) is 15.3. The molecule has 2 heterocycles. The smallest absolute Gasteiger partial charge is 0.326 e. The summed E-state index contributed by atoms with van der Waals surface area (Å²) in [6.45, 7) is -0.509. The van der Waals surface area contributed by atoms with E-state index >= 15 is 0 Å². The summed E-state index contributed by atoms with van der Waals surface area (Å²) in [5, 5.41) is 9.55. The Morgan fingerprint density at radius 1 is 1.39 bits per heavy atom. The third kappa shape index (κ3) is 3.48. The van der Waals surface area contributed by atoms with Crippen LogP contribution in [0.1, 0.15) is 25.7 Å². The molecule has 0 bridgehead atoms. The van der Waals surface area contributed by atoms with E-state index in [0.717, 1.165) is 25.7 Å². The Balaban J connectivity index is 1.36. The van der Waals surface area contributed by atoms with E-state index in [4.69, 9.17) is 20.9 Å². The average Bonchev–Trinajstić information content (AvgIpc) is 3.58. The molecule has 0 saturated heterocycles. The molecule has 2 aliphatic rings. The molecular weight excluding hydrogens is 368 g/mol. The molecule has 2 aromatic heterocycles. The van der Waals surface area contributed by atoms with Gasteiger partial charge in [-0.3, -0.25) is 19.1 Å². The van der Waals surface area contributed by atoms with E-state index in [1.54, 1.807) is 0 Å². The fourth-order valence-electron chi connectivity index (χ4n) is 3.49. The van der Waals surface area contributed by atoms with Crippen LogP contribution in [-0.2, 0) is 21.0 Å². The molecule has 6 N–H and O–H groups in total. The molecule has 0 amide bonds. The van der Waals surface area contributed by atoms with Gasteiger partial charge in [0.15, 0.2) is 11.2 Å². The molecule has 2 aliphatic carbocycles. The number of hydrogen-bond acceptors (Lipinski definition) is 9. The van der Waals surface area contributed by atoms with Gasteiger partial charge < -0.3 is 26.0 Å². The summed E-state index contributed by atoms with van der Waals surface area (Å²) in [5.41, 5.74) is 11.0. The van der Waals surface area contributed by atoms with Crippen LogP contribution in [0.2, 0.25) is 0 Å². The summed E-state index contributed by atoms with van der Waals surface area (Å²) >= 11 is 0. The van der Waals surface area contributed by atoms with Crippen LogP contribution in [0.4, 0.5) is 5.95 Å². The van der Waals surface area contributed by atoms with Gasteiger partial charge in [0.25, 0.3) is 5.56 Å². The van der Waals surface area contributed by atoms with Crippen molar-refractivity contribution in [2.45, 2.75) is 44.1 Å². The van der Waals surface area contributed by atoms with Crippen LogP contribution in [0.25, 0.3) is 11.2 Å². The molecule has 2 aromatic rings. The van der Waals surface area contributed by atoms with Crippen LogP contribution < -0.4 is 17.0 Å². The zero-order valence-electron chi connectivity index (χ0n) is 15.3. The Kier molecular flexibility index (Phi) is 4.81. The third-order valence-corrected chi connectivity index (χ3v) is 5.41. The number of nitrogen functional groups attached to an aromatic ring is 1. The lowest BCUT2D eigenvalue weighted by Crippen LogP contribution is -2.53. The molecule has 11 heteroatoms. The maximum Gasteiger partial charge on any atom is 0.326 e. The summed E-state index contributed by atoms with van der Waals surface area (Å²) < 4.78 is 12.5. The van der Waals surface area contributed by atoms with Crippen molar-refractivity contribution >= 4 is 23.1 Å². The number of rotatable bonds is 9. The van der Waals surface area contributed by atoms with Crippen molar-refractivity contribution in [3.8, 4) is 0 Å². The van der Waals surface area contributed by atoms with E-state index < -0.39 is 23.2 Å². The van der Waals surface area contributed by atoms with Gasteiger partial charge in [-0.2, -0.15) is 4.98 Å². The number of fused-ring (bicyclic) bond motifs is 1. The van der Waals surface area contributed by atoms with E-state index in [9.17, 15) is 14.7 Å². The summed E-state index contributed by atoms with van der Waals surface area (Å²) in [4.78, 5) is 34.7. The number of esters is 1. The van der Waals surface area contributed by atoms with Gasteiger partial charge in [-0.25, -0.2) is 4.98 Å². The molecule has 0 aliphatic heterocycles. The number of aromatic nitrogens is 4. The number of aliphatic hydroxyl groups is 1. The minimum absolute atomic E-state index is 0.0358. The molecule has 28 heavy (non-hydrogen) atoms. The summed E-state index contributed by atoms with van der Waals surface area (Å²) in [6, 6.07) is 0. The maximum absolute atomic E-state index is 12.6. The van der Waals surface area contributed by atoms with Crippen LogP contribution in [0.15, 0.2) is 11.1 Å². The van der Waals surface area contributed by atoms with E-state index in [1.807, 2.05) is 0 Å². The number of ether oxygens (including phenoxy) is 2. The number of hydrogen-bond donors (Lipinski definition) is 4. The van der Waals surface area contributed by atoms with Gasteiger partial charge >= 0.3 is 5.97 Å². The first kappa shape index (κ1) is 18.8. The van der Waals surface area contributed by atoms with Crippen LogP contribution >= 0.6 is 0 Å². The number of H-pyrrole nitrogens is 1. The second-order valence-corrected chi connectivity index (χ2v) is 7.52. The lowest BCUT2D eigenvalue weighted by atomic mass is 9.89. The van der Waals surface area contributed by atoms with Crippen LogP contribution in [-0.4, -0.2) is 55.5 Å². The summed E-state index contributed by atoms with van der Waals surface area (Å²) in [5.74, 6) is -0.0826. The van der Waals surface area contributed by atoms with E-state index in [1.165, 1.54) is 10.9 Å². The van der Waals surface area contributed by atoms with Gasteiger partial charge in [-0.05, 0) is 37.5 Å². The monoisotopic (exact) mass is 392 g/mol. The first-order valence-corrected chi connectivity index (χ1v) is 9.32. The number of aliphatic hydroxyl groups excluding tert-OH is 1. The van der Waals surface area contributed by atoms with Gasteiger partial charge in [0.2, 0.25) is 5.95 Å². The number of anilines is 1. The largest absolute Gasteiger partial charge is 0.461 e. The van der Waals surface area contributed by atoms with Gasteiger partial charge in [-0.15, -0.1) is 0 Å². The number of carbonyl (C=O) groups is 1. The standard InChI is InChI=1S/C17H24N6O5/c18-16-21-13-12(14(25)22-16)20-7-23(13)8-28-11(5-24)6-27-15(26)17(19,9-1-2-9)10-3-4-10/h7,9-11,24H,1-6,8,19H2,(H3,18,21,22,25). The average molecular weight is 392 g/mol. The molecule has 0 spiro atoms. The van der Waals surface area contributed by atoms with Crippen molar-refractivity contribution in [3.63, 3.8) is 0 Å². The minimum atomic E-state index is -0.914. The summed E-state index contributed by atoms with van der Waals surface area (Å²) in [6.07, 6.45) is 4.44. The van der Waals surface area contributed by atoms with Gasteiger partial charge in [-0.1, -0.05) is 0 Å². The normalized spacial score (nSPS) is 18.4. The number of aromatic amines is 1. The molecule has 4 rings (SSSR count). The van der Waals surface area contributed by atoms with Crippen molar-refractivity contribution < 1.29 is 19.4 Å². The minimum Gasteiger partial charge on any atom is -0.461 e. The van der Waals surface area contributed by atoms with Crippen molar-refractivity contribution in [1.82, 2.24) is 19.5 Å². The fourth-order valence-corrected chi connectivity index (χ4v) is 3.49. The van der Waals surface area contributed by atoms with Gasteiger partial charge in [0.1, 0.15) is 25.0 Å². The maximum atomic E-state index is 12.6. The highest BCUT2D eigenvalue weighted by molar-refractivity contribution is 5.82. The fraction of sp³-hybridized carbons (Fsp3) is 0.647. The Bertz CT molecular complexity index is 920. The predicted molar refractivity (Wildman–Crippen MR) is 97.8 cm³/mol. The van der Waals surface area contributed by atoms with Crippen molar-refractivity contribution in [2.75, 3.05) is 18.9 Å². The van der Waals surface area contributed by atoms with E-state index in [-0.39, 0.29) is 48.9 Å². The Labute approximate surface area is 160 Å². The zero-order chi connectivity index (χ0) is 19.9. The SMILES string of the molecule is Nc1nc2c(ncn2COC(CO)COC(=O)C(N)(C2CC2)C2CC2)c(=O)[nH]1. The Hall–Kier alpha value is -2.50. The van der Waals surface area contributed by atoms with Crippen molar-refractivity contribution in [3.05, 3.63) is 16.7 Å². The second-order valence-electron chi connectivity index (χ2n) is 7.52. The number of carbonyl (C=O) groups excluding carboxylic acids is 1. The molecule has 2 fully saturated rings. The molecule has 152 valence electrons. The third-order valence-electron chi connectivity index (χ3n) is 5.41. The van der Waals surface area contributed by atoms with Crippen LogP contribution in [0, 0.1) is 11.8 Å². The quantitative estimate of drug-likeness (QED) is 0.394. The number of nitrogens with zero attached hydrogens (tertiary/aromatic N) is 3. The van der Waals surface area contributed by atoms with Crippen molar-refractivity contribution in [2.24, 2.45) is 17.6 Å². The highest BCUT2D eigenvalue weighted by Crippen LogP contribution is 2.51. The summed E-state index contributed by atoms with van der Waals surface area (Å²) in [7, 11) is 0. The van der Waals surface area contributed by atoms with Gasteiger partial charge in [0, 0.05) is 0 Å². The lowest BCUT2D eigenvalue weighted by molar-refractivity contribution is -0.158. The van der Waals surface area contributed by atoms with Gasteiger partial charge in [0.05, 0.1) is 12.9 Å². The first-order chi connectivity index (χ1) is 13.4. The second kappa shape index (κ2) is 7.15. The number of nitrogens with two attached hydrogens (primary N) is 2. The highest BCUT2D eigenvalue weighted by Gasteiger charge is 2.57. The molecule has 1 unspecified atom stereocenters. The van der Waals surface area contributed by atoms with E-state index in [2.05, 4.69) is 15.0 Å². The van der Waals surface area contributed by atoms with Crippen LogP contribution in [0.5, 0.6) is 0 Å². The first-order valence-electron chi connectivity index (χ1n) is 9.32. The molecule has 2 saturated carbocycles. The Morgan fingerprint density at radius 3 is 2.68 bits per heavy atom. The molecule has 11 nitrogen and oxygen atoms in total. The van der Waals surface area contributed by atoms with E-state index in [0.29, 0.717) is 0 Å². The molecule has 0 radical (unpaired) electrons. The molecule has 1 atom stereocenters. The number of imidazole rings is 1. The molecular formula is C17H24N6O5. The Morgan fingerprint density at radius 2 is 2.07 bits per heavy atom. The highest BCUT2D eigenvalue weighted by atomic mass is 16.6. The van der Waals surface area contributed by atoms with Crippen molar-refractivity contribution in [1.29, 1.82) is 0 Å².